The molecule has 0 aromatic heterocycles. The van der Waals surface area contributed by atoms with Gasteiger partial charge in [0.1, 0.15) is 12.4 Å². The first-order valence-corrected chi connectivity index (χ1v) is 11.1. The summed E-state index contributed by atoms with van der Waals surface area (Å²) < 4.78 is 12.5. The maximum absolute atomic E-state index is 6.37. The smallest absolute Gasteiger partial charge is 0.127 e. The Balaban J connectivity index is 1.18. The van der Waals surface area contributed by atoms with Crippen LogP contribution in [0.25, 0.3) is 11.1 Å². The van der Waals surface area contributed by atoms with E-state index in [0.717, 1.165) is 29.1 Å². The highest BCUT2D eigenvalue weighted by Gasteiger charge is 2.53. The molecule has 0 heterocycles. The van der Waals surface area contributed by atoms with E-state index in [1.165, 1.54) is 44.1 Å². The minimum atomic E-state index is 0.355. The topological polar surface area (TPSA) is 18.5 Å². The van der Waals surface area contributed by atoms with Crippen LogP contribution < -0.4 is 4.74 Å². The monoisotopic (exact) mass is 376 g/mol. The van der Waals surface area contributed by atoms with E-state index in [-0.39, 0.29) is 0 Å². The van der Waals surface area contributed by atoms with E-state index in [9.17, 15) is 0 Å². The van der Waals surface area contributed by atoms with Gasteiger partial charge >= 0.3 is 0 Å². The van der Waals surface area contributed by atoms with Crippen molar-refractivity contribution in [2.45, 2.75) is 51.6 Å². The molecule has 2 aromatic carbocycles. The van der Waals surface area contributed by atoms with Gasteiger partial charge in [-0.05, 0) is 80.2 Å². The van der Waals surface area contributed by atoms with Crippen LogP contribution >= 0.6 is 0 Å². The van der Waals surface area contributed by atoms with Crippen molar-refractivity contribution in [3.63, 3.8) is 0 Å². The first-order valence-electron chi connectivity index (χ1n) is 11.1. The van der Waals surface area contributed by atoms with Crippen molar-refractivity contribution in [1.29, 1.82) is 0 Å². The third kappa shape index (κ3) is 3.48. The molecule has 0 N–H and O–H groups in total. The summed E-state index contributed by atoms with van der Waals surface area (Å²) in [5.41, 5.74) is 2.80. The summed E-state index contributed by atoms with van der Waals surface area (Å²) in [6.07, 6.45) is 9.03. The van der Waals surface area contributed by atoms with E-state index < -0.39 is 0 Å². The first kappa shape index (κ1) is 18.2. The molecule has 4 fully saturated rings. The Morgan fingerprint density at radius 3 is 2.11 bits per heavy atom. The lowest BCUT2D eigenvalue weighted by molar-refractivity contribution is -0.137. The molecule has 28 heavy (non-hydrogen) atoms. The van der Waals surface area contributed by atoms with Crippen molar-refractivity contribution in [3.05, 3.63) is 54.6 Å². The molecule has 2 nitrogen and oxygen atoms in total. The average Bonchev–Trinajstić information content (AvgIpc) is 2.71. The zero-order valence-electron chi connectivity index (χ0n) is 17.0. The molecule has 0 aliphatic heterocycles. The van der Waals surface area contributed by atoms with Crippen LogP contribution in [0.5, 0.6) is 5.75 Å². The maximum atomic E-state index is 6.37. The Labute approximate surface area is 169 Å². The van der Waals surface area contributed by atoms with Crippen LogP contribution in [0, 0.1) is 23.2 Å². The van der Waals surface area contributed by atoms with Crippen LogP contribution in [0.4, 0.5) is 0 Å². The second kappa shape index (κ2) is 7.55. The fourth-order valence-electron chi connectivity index (χ4n) is 6.68. The van der Waals surface area contributed by atoms with Gasteiger partial charge in [0.25, 0.3) is 0 Å². The molecule has 4 bridgehead atoms. The van der Waals surface area contributed by atoms with Gasteiger partial charge in [-0.3, -0.25) is 0 Å². The number of hydrogen-bond acceptors (Lipinski definition) is 2. The maximum Gasteiger partial charge on any atom is 0.127 e. The largest absolute Gasteiger partial charge is 0.491 e. The number of hydrogen-bond donors (Lipinski definition) is 0. The zero-order valence-corrected chi connectivity index (χ0v) is 17.0. The van der Waals surface area contributed by atoms with Gasteiger partial charge in [0, 0.05) is 5.56 Å². The van der Waals surface area contributed by atoms with Crippen LogP contribution in [-0.4, -0.2) is 19.3 Å². The number of rotatable bonds is 7. The molecule has 1 unspecified atom stereocenters. The van der Waals surface area contributed by atoms with Gasteiger partial charge in [-0.15, -0.1) is 0 Å². The van der Waals surface area contributed by atoms with E-state index in [2.05, 4.69) is 49.4 Å². The molecule has 1 atom stereocenters. The third-order valence-corrected chi connectivity index (χ3v) is 7.63. The van der Waals surface area contributed by atoms with E-state index in [0.29, 0.717) is 24.7 Å². The zero-order chi connectivity index (χ0) is 19.0. The summed E-state index contributed by atoms with van der Waals surface area (Å²) in [6, 6.07) is 18.8. The van der Waals surface area contributed by atoms with Crippen LogP contribution in [0.2, 0.25) is 0 Å². The minimum Gasteiger partial charge on any atom is -0.491 e. The molecule has 4 saturated carbocycles. The summed E-state index contributed by atoms with van der Waals surface area (Å²) in [6.45, 7) is 3.61. The quantitative estimate of drug-likeness (QED) is 0.524. The molecule has 0 amide bonds. The number of para-hydroxylation sites is 1. The molecular formula is C26H32O2. The van der Waals surface area contributed by atoms with Crippen LogP contribution in [0.15, 0.2) is 54.6 Å². The predicted octanol–water partition coefficient (Wildman–Crippen LogP) is 6.35. The molecule has 4 aliphatic rings. The highest BCUT2D eigenvalue weighted by atomic mass is 16.5. The fraction of sp³-hybridized carbons (Fsp3) is 0.538. The lowest BCUT2D eigenvalue weighted by atomic mass is 9.48. The van der Waals surface area contributed by atoms with E-state index in [1.54, 1.807) is 0 Å². The SMILES string of the molecule is CC(OCCOc1ccccc1-c1ccccc1)C12CC3CC(CC(C3)C1)C2. The highest BCUT2D eigenvalue weighted by Crippen LogP contribution is 2.61. The van der Waals surface area contributed by atoms with Crippen molar-refractivity contribution in [3.8, 4) is 16.9 Å². The molecule has 2 aromatic rings. The molecule has 0 saturated heterocycles. The van der Waals surface area contributed by atoms with Crippen LogP contribution in [0.1, 0.15) is 45.4 Å². The van der Waals surface area contributed by atoms with Gasteiger partial charge in [0.15, 0.2) is 0 Å². The molecule has 2 heteroatoms. The average molecular weight is 377 g/mol. The molecule has 0 radical (unpaired) electrons. The molecule has 6 rings (SSSR count). The Kier molecular flexibility index (Phi) is 4.92. The lowest BCUT2D eigenvalue weighted by Gasteiger charge is -2.58. The van der Waals surface area contributed by atoms with Gasteiger partial charge < -0.3 is 9.47 Å². The Hall–Kier alpha value is -1.80. The molecular weight excluding hydrogens is 344 g/mol. The second-order valence-electron chi connectivity index (χ2n) is 9.50. The standard InChI is InChI=1S/C26H32O2/c1-19(26-16-20-13-21(17-26)15-22(14-20)18-26)27-11-12-28-25-10-6-5-9-24(25)23-7-3-2-4-8-23/h2-10,19-22H,11-18H2,1H3. The molecule has 0 spiro atoms. The summed E-state index contributed by atoms with van der Waals surface area (Å²) in [4.78, 5) is 0. The van der Waals surface area contributed by atoms with E-state index in [1.807, 2.05) is 12.1 Å². The van der Waals surface area contributed by atoms with Gasteiger partial charge in [-0.2, -0.15) is 0 Å². The van der Waals surface area contributed by atoms with Crippen LogP contribution in [0.3, 0.4) is 0 Å². The summed E-state index contributed by atoms with van der Waals surface area (Å²) in [5.74, 6) is 3.88. The van der Waals surface area contributed by atoms with Crippen molar-refractivity contribution in [2.75, 3.05) is 13.2 Å². The predicted molar refractivity (Wildman–Crippen MR) is 113 cm³/mol. The Morgan fingerprint density at radius 1 is 0.821 bits per heavy atom. The van der Waals surface area contributed by atoms with Gasteiger partial charge in [-0.1, -0.05) is 48.5 Å². The summed E-state index contributed by atoms with van der Waals surface area (Å²) >= 11 is 0. The third-order valence-electron chi connectivity index (χ3n) is 7.63. The Bertz CT molecular complexity index is 762. The van der Waals surface area contributed by atoms with E-state index >= 15 is 0 Å². The van der Waals surface area contributed by atoms with Gasteiger partial charge in [-0.25, -0.2) is 0 Å². The van der Waals surface area contributed by atoms with Crippen molar-refractivity contribution < 1.29 is 9.47 Å². The number of ether oxygens (including phenoxy) is 2. The summed E-state index contributed by atoms with van der Waals surface area (Å²) in [7, 11) is 0. The van der Waals surface area contributed by atoms with Crippen molar-refractivity contribution in [1.82, 2.24) is 0 Å². The normalized spacial score (nSPS) is 31.7. The minimum absolute atomic E-state index is 0.355. The summed E-state index contributed by atoms with van der Waals surface area (Å²) in [5, 5.41) is 0. The Morgan fingerprint density at radius 2 is 1.43 bits per heavy atom. The number of benzene rings is 2. The van der Waals surface area contributed by atoms with Crippen molar-refractivity contribution in [2.24, 2.45) is 23.2 Å². The fourth-order valence-corrected chi connectivity index (χ4v) is 6.68. The molecule has 148 valence electrons. The van der Waals surface area contributed by atoms with E-state index in [4.69, 9.17) is 9.47 Å². The van der Waals surface area contributed by atoms with Gasteiger partial charge in [0.2, 0.25) is 0 Å². The van der Waals surface area contributed by atoms with Gasteiger partial charge in [0.05, 0.1) is 12.7 Å². The van der Waals surface area contributed by atoms with Crippen molar-refractivity contribution >= 4 is 0 Å². The lowest BCUT2D eigenvalue weighted by Crippen LogP contribution is -2.51. The molecule has 4 aliphatic carbocycles. The van der Waals surface area contributed by atoms with Crippen LogP contribution in [-0.2, 0) is 4.74 Å². The highest BCUT2D eigenvalue weighted by molar-refractivity contribution is 5.70. The second-order valence-corrected chi connectivity index (χ2v) is 9.50. The first-order chi connectivity index (χ1) is 13.7.